The van der Waals surface area contributed by atoms with Gasteiger partial charge in [-0.05, 0) is 29.5 Å². The molecule has 0 spiro atoms. The number of hydrogen-bond acceptors (Lipinski definition) is 3. The van der Waals surface area contributed by atoms with E-state index < -0.39 is 12.6 Å². The summed E-state index contributed by atoms with van der Waals surface area (Å²) in [7, 11) is 0. The lowest BCUT2D eigenvalue weighted by Gasteiger charge is -2.14. The van der Waals surface area contributed by atoms with Gasteiger partial charge in [0.25, 0.3) is 0 Å². The van der Waals surface area contributed by atoms with Gasteiger partial charge >= 0.3 is 6.72 Å². The molecule has 1 aromatic rings. The highest BCUT2D eigenvalue weighted by Gasteiger charge is 2.18. The highest BCUT2D eigenvalue weighted by Crippen LogP contribution is 2.38. The number of hydrogen-bond donors (Lipinski definition) is 2. The second kappa shape index (κ2) is 6.12. The van der Waals surface area contributed by atoms with Gasteiger partial charge in [-0.25, -0.2) is 0 Å². The summed E-state index contributed by atoms with van der Waals surface area (Å²) in [6.45, 7) is -4.00. The third-order valence-electron chi connectivity index (χ3n) is 1.90. The Morgan fingerprint density at radius 2 is 2.12 bits per heavy atom. The SMILES string of the molecule is N#CC(COP(O)(O)=S)c1ccc(Cl)cc1Cl. The highest BCUT2D eigenvalue weighted by molar-refractivity contribution is 8.06. The minimum atomic E-state index is -3.76. The molecule has 1 atom stereocenters. The lowest BCUT2D eigenvalue weighted by molar-refractivity contribution is 0.247. The van der Waals surface area contributed by atoms with Gasteiger partial charge in [0.2, 0.25) is 0 Å². The molecule has 1 aromatic carbocycles. The van der Waals surface area contributed by atoms with Crippen molar-refractivity contribution in [1.29, 1.82) is 5.26 Å². The van der Waals surface area contributed by atoms with Crippen LogP contribution in [0.4, 0.5) is 0 Å². The summed E-state index contributed by atoms with van der Waals surface area (Å²) >= 11 is 15.9. The van der Waals surface area contributed by atoms with Crippen molar-refractivity contribution in [1.82, 2.24) is 0 Å². The van der Waals surface area contributed by atoms with Crippen LogP contribution in [0.5, 0.6) is 0 Å². The second-order valence-electron chi connectivity index (χ2n) is 3.13. The topological polar surface area (TPSA) is 73.5 Å². The van der Waals surface area contributed by atoms with Gasteiger partial charge in [0.05, 0.1) is 18.6 Å². The molecule has 17 heavy (non-hydrogen) atoms. The summed E-state index contributed by atoms with van der Waals surface area (Å²) in [6, 6.07) is 6.61. The Kier molecular flexibility index (Phi) is 5.36. The van der Waals surface area contributed by atoms with Crippen molar-refractivity contribution in [3.8, 4) is 6.07 Å². The molecule has 0 aliphatic carbocycles. The zero-order valence-electron chi connectivity index (χ0n) is 8.38. The maximum atomic E-state index is 8.96. The molecule has 1 unspecified atom stereocenters. The predicted molar refractivity (Wildman–Crippen MR) is 69.5 cm³/mol. The number of nitriles is 1. The normalized spacial score (nSPS) is 13.1. The van der Waals surface area contributed by atoms with Gasteiger partial charge in [-0.1, -0.05) is 29.3 Å². The summed E-state index contributed by atoms with van der Waals surface area (Å²) in [5.41, 5.74) is 0.502. The van der Waals surface area contributed by atoms with Crippen LogP contribution in [0.3, 0.4) is 0 Å². The fraction of sp³-hybridized carbons (Fsp3) is 0.222. The number of halogens is 2. The first-order valence-electron chi connectivity index (χ1n) is 4.38. The van der Waals surface area contributed by atoms with Crippen LogP contribution in [0.1, 0.15) is 11.5 Å². The second-order valence-corrected chi connectivity index (χ2v) is 6.64. The molecule has 0 amide bonds. The zero-order chi connectivity index (χ0) is 13.1. The van der Waals surface area contributed by atoms with Crippen molar-refractivity contribution in [2.24, 2.45) is 0 Å². The number of nitrogens with zero attached hydrogens (tertiary/aromatic N) is 1. The minimum Gasteiger partial charge on any atom is -0.325 e. The Hall–Kier alpha value is -0.180. The molecule has 0 heterocycles. The first-order chi connectivity index (χ1) is 7.83. The Morgan fingerprint density at radius 3 is 2.59 bits per heavy atom. The molecule has 8 heteroatoms. The van der Waals surface area contributed by atoms with Crippen molar-refractivity contribution in [2.75, 3.05) is 6.61 Å². The third-order valence-corrected chi connectivity index (χ3v) is 3.27. The van der Waals surface area contributed by atoms with Crippen LogP contribution >= 0.6 is 29.9 Å². The van der Waals surface area contributed by atoms with E-state index in [0.29, 0.717) is 15.6 Å². The number of rotatable bonds is 4. The van der Waals surface area contributed by atoms with Crippen LogP contribution in [-0.2, 0) is 16.3 Å². The molecular weight excluding hydrogens is 304 g/mol. The predicted octanol–water partition coefficient (Wildman–Crippen LogP) is 2.83. The van der Waals surface area contributed by atoms with E-state index in [4.69, 9.17) is 38.3 Å². The van der Waals surface area contributed by atoms with Crippen LogP contribution in [0.15, 0.2) is 18.2 Å². The van der Waals surface area contributed by atoms with Gasteiger partial charge < -0.3 is 14.3 Å². The molecule has 92 valence electrons. The van der Waals surface area contributed by atoms with Crippen LogP contribution in [-0.4, -0.2) is 16.4 Å². The summed E-state index contributed by atoms with van der Waals surface area (Å²) in [4.78, 5) is 17.8. The number of benzene rings is 1. The molecule has 1 rings (SSSR count). The van der Waals surface area contributed by atoms with E-state index in [1.54, 1.807) is 12.1 Å². The Labute approximate surface area is 114 Å². The minimum absolute atomic E-state index is 0.234. The monoisotopic (exact) mass is 311 g/mol. The lowest BCUT2D eigenvalue weighted by atomic mass is 10.0. The van der Waals surface area contributed by atoms with Crippen LogP contribution < -0.4 is 0 Å². The fourth-order valence-electron chi connectivity index (χ4n) is 1.15. The average molecular weight is 312 g/mol. The van der Waals surface area contributed by atoms with Crippen molar-refractivity contribution in [2.45, 2.75) is 5.92 Å². The van der Waals surface area contributed by atoms with E-state index in [1.807, 2.05) is 6.07 Å². The molecular formula is C9H8Cl2NO3PS. The van der Waals surface area contributed by atoms with Crippen LogP contribution in [0.2, 0.25) is 10.0 Å². The van der Waals surface area contributed by atoms with Gasteiger partial charge in [0, 0.05) is 10.0 Å². The molecule has 0 saturated carbocycles. The summed E-state index contributed by atoms with van der Waals surface area (Å²) < 4.78 is 4.64. The molecule has 0 radical (unpaired) electrons. The Morgan fingerprint density at radius 1 is 1.47 bits per heavy atom. The van der Waals surface area contributed by atoms with Gasteiger partial charge in [0.15, 0.2) is 0 Å². The van der Waals surface area contributed by atoms with E-state index in [2.05, 4.69) is 16.3 Å². The summed E-state index contributed by atoms with van der Waals surface area (Å²) in [5.74, 6) is -0.735. The van der Waals surface area contributed by atoms with Crippen molar-refractivity contribution < 1.29 is 14.3 Å². The van der Waals surface area contributed by atoms with Crippen molar-refractivity contribution in [3.05, 3.63) is 33.8 Å². The van der Waals surface area contributed by atoms with E-state index in [1.165, 1.54) is 6.07 Å². The zero-order valence-corrected chi connectivity index (χ0v) is 11.6. The fourth-order valence-corrected chi connectivity index (χ4v) is 2.22. The van der Waals surface area contributed by atoms with Gasteiger partial charge in [-0.2, -0.15) is 5.26 Å². The highest BCUT2D eigenvalue weighted by atomic mass is 35.5. The average Bonchev–Trinajstić information content (AvgIpc) is 2.19. The molecule has 0 aliphatic heterocycles. The van der Waals surface area contributed by atoms with E-state index >= 15 is 0 Å². The van der Waals surface area contributed by atoms with E-state index in [0.717, 1.165) is 0 Å². The van der Waals surface area contributed by atoms with Crippen molar-refractivity contribution in [3.63, 3.8) is 0 Å². The summed E-state index contributed by atoms with van der Waals surface area (Å²) in [5, 5.41) is 9.73. The molecule has 4 nitrogen and oxygen atoms in total. The van der Waals surface area contributed by atoms with Crippen LogP contribution in [0, 0.1) is 11.3 Å². The lowest BCUT2D eigenvalue weighted by Crippen LogP contribution is -2.05. The maximum absolute atomic E-state index is 8.96. The summed E-state index contributed by atoms with van der Waals surface area (Å²) in [6.07, 6.45) is 0. The largest absolute Gasteiger partial charge is 0.325 e. The molecule has 0 bridgehead atoms. The first-order valence-corrected chi connectivity index (χ1v) is 7.76. The quantitative estimate of drug-likeness (QED) is 0.836. The van der Waals surface area contributed by atoms with Gasteiger partial charge in [-0.15, -0.1) is 0 Å². The molecule has 0 aromatic heterocycles. The maximum Gasteiger partial charge on any atom is 0.321 e. The molecule has 0 fully saturated rings. The smallest absolute Gasteiger partial charge is 0.321 e. The van der Waals surface area contributed by atoms with E-state index in [9.17, 15) is 0 Å². The Bertz CT molecular complexity index is 500. The standard InChI is InChI=1S/C9H8Cl2NO3PS/c10-7-1-2-8(9(11)3-7)6(4-12)5-15-16(13,14)17/h1-3,6H,5H2,(H2,13,14,17). The van der Waals surface area contributed by atoms with Gasteiger partial charge in [0.1, 0.15) is 0 Å². The molecule has 0 aliphatic rings. The first kappa shape index (κ1) is 14.9. The molecule has 2 N–H and O–H groups in total. The Balaban J connectivity index is 2.88. The van der Waals surface area contributed by atoms with Crippen molar-refractivity contribution >= 4 is 41.7 Å². The van der Waals surface area contributed by atoms with E-state index in [-0.39, 0.29) is 6.61 Å². The van der Waals surface area contributed by atoms with Crippen LogP contribution in [0.25, 0.3) is 0 Å². The van der Waals surface area contributed by atoms with Gasteiger partial charge in [-0.3, -0.25) is 0 Å². The third kappa shape index (κ3) is 4.90. The molecule has 0 saturated heterocycles.